The number of fused-ring (bicyclic) bond motifs is 1. The summed E-state index contributed by atoms with van der Waals surface area (Å²) in [5, 5.41) is 4.56. The van der Waals surface area contributed by atoms with Gasteiger partial charge in [0.1, 0.15) is 5.65 Å². The number of methoxy groups -OCH3 is 1. The minimum absolute atomic E-state index is 0.157. The van der Waals surface area contributed by atoms with Gasteiger partial charge >= 0.3 is 0 Å². The second kappa shape index (κ2) is 10.7. The molecule has 1 saturated heterocycles. The Balaban J connectivity index is 1.57. The maximum Gasteiger partial charge on any atom is 0.260 e. The van der Waals surface area contributed by atoms with Gasteiger partial charge in [-0.3, -0.25) is 14.3 Å². The number of ether oxygens (including phenoxy) is 2. The fraction of sp³-hybridized carbons (Fsp3) is 0.333. The van der Waals surface area contributed by atoms with Gasteiger partial charge in [0.05, 0.1) is 18.3 Å². The molecule has 186 valence electrons. The van der Waals surface area contributed by atoms with Crippen molar-refractivity contribution in [2.45, 2.75) is 32.4 Å². The molecule has 0 unspecified atom stereocenters. The summed E-state index contributed by atoms with van der Waals surface area (Å²) in [6, 6.07) is 13.5. The minimum atomic E-state index is -0.157. The highest BCUT2D eigenvalue weighted by Crippen LogP contribution is 2.31. The molecule has 1 aliphatic rings. The van der Waals surface area contributed by atoms with E-state index in [2.05, 4.69) is 15.3 Å². The zero-order valence-corrected chi connectivity index (χ0v) is 21.1. The first kappa shape index (κ1) is 24.4. The number of halogens is 1. The molecule has 1 N–H and O–H groups in total. The molecule has 0 aliphatic carbocycles. The normalized spacial score (nSPS) is 15.5. The van der Waals surface area contributed by atoms with E-state index in [1.54, 1.807) is 17.9 Å². The smallest absolute Gasteiger partial charge is 0.260 e. The number of pyridine rings is 2. The zero-order valence-electron chi connectivity index (χ0n) is 20.3. The van der Waals surface area contributed by atoms with Gasteiger partial charge in [0.15, 0.2) is 0 Å². The molecule has 9 heteroatoms. The van der Waals surface area contributed by atoms with E-state index in [0.717, 1.165) is 35.4 Å². The quantitative estimate of drug-likeness (QED) is 0.346. The summed E-state index contributed by atoms with van der Waals surface area (Å²) in [5.41, 5.74) is 4.23. The minimum Gasteiger partial charge on any atom is -0.385 e. The van der Waals surface area contributed by atoms with Gasteiger partial charge in [-0.25, -0.2) is 4.98 Å². The standard InChI is InChI=1S/C27H28ClN5O3/c1-17-5-3-6-24(30-17)18-7-8-21(23(28)14-18)22-13-19-15-29-27(31-20-9-12-36-16-20)32-25(19)33(26(22)34)10-4-11-35-2/h3,5-8,13-15,20H,4,9-12,16H2,1-2H3,(H,29,31,32)/t20-/m0/s1. The molecule has 1 aliphatic heterocycles. The van der Waals surface area contributed by atoms with Gasteiger partial charge in [-0.1, -0.05) is 29.8 Å². The van der Waals surface area contributed by atoms with Crippen molar-refractivity contribution >= 4 is 28.6 Å². The van der Waals surface area contributed by atoms with Gasteiger partial charge in [0.2, 0.25) is 5.95 Å². The Bertz CT molecular complexity index is 1450. The average Bonchev–Trinajstić information content (AvgIpc) is 3.38. The number of aryl methyl sites for hydroxylation is 2. The molecule has 5 rings (SSSR count). The predicted octanol–water partition coefficient (Wildman–Crippen LogP) is 4.72. The van der Waals surface area contributed by atoms with Crippen LogP contribution in [0.4, 0.5) is 5.95 Å². The molecule has 4 heterocycles. The lowest BCUT2D eigenvalue weighted by molar-refractivity contribution is 0.190. The molecule has 4 aromatic rings. The van der Waals surface area contributed by atoms with Crippen LogP contribution < -0.4 is 10.9 Å². The summed E-state index contributed by atoms with van der Waals surface area (Å²) >= 11 is 6.73. The summed E-state index contributed by atoms with van der Waals surface area (Å²) in [7, 11) is 1.65. The van der Waals surface area contributed by atoms with E-state index in [1.807, 2.05) is 49.4 Å². The van der Waals surface area contributed by atoms with Crippen LogP contribution >= 0.6 is 11.6 Å². The van der Waals surface area contributed by atoms with Gasteiger partial charge in [0.25, 0.3) is 5.56 Å². The summed E-state index contributed by atoms with van der Waals surface area (Å²) in [6.07, 6.45) is 3.31. The highest BCUT2D eigenvalue weighted by molar-refractivity contribution is 6.33. The molecule has 0 radical (unpaired) electrons. The second-order valence-corrected chi connectivity index (χ2v) is 9.30. The Labute approximate surface area is 214 Å². The lowest BCUT2D eigenvalue weighted by atomic mass is 10.0. The van der Waals surface area contributed by atoms with Gasteiger partial charge in [-0.15, -0.1) is 0 Å². The number of hydrogen-bond acceptors (Lipinski definition) is 7. The van der Waals surface area contributed by atoms with Crippen molar-refractivity contribution in [1.29, 1.82) is 0 Å². The van der Waals surface area contributed by atoms with E-state index in [9.17, 15) is 4.79 Å². The lowest BCUT2D eigenvalue weighted by Gasteiger charge is -2.15. The molecule has 3 aromatic heterocycles. The molecular formula is C27H28ClN5O3. The van der Waals surface area contributed by atoms with E-state index in [4.69, 9.17) is 26.1 Å². The Kier molecular flexibility index (Phi) is 7.27. The van der Waals surface area contributed by atoms with E-state index >= 15 is 0 Å². The molecule has 0 bridgehead atoms. The van der Waals surface area contributed by atoms with E-state index in [1.165, 1.54) is 0 Å². The summed E-state index contributed by atoms with van der Waals surface area (Å²) in [6.45, 7) is 4.28. The molecular weight excluding hydrogens is 478 g/mol. The third-order valence-electron chi connectivity index (χ3n) is 6.26. The Morgan fingerprint density at radius 2 is 2.08 bits per heavy atom. The van der Waals surface area contributed by atoms with Crippen LogP contribution in [0.3, 0.4) is 0 Å². The van der Waals surface area contributed by atoms with E-state index in [-0.39, 0.29) is 11.6 Å². The lowest BCUT2D eigenvalue weighted by Crippen LogP contribution is -2.25. The van der Waals surface area contributed by atoms with Crippen LogP contribution in [0.25, 0.3) is 33.4 Å². The number of nitrogens with zero attached hydrogens (tertiary/aromatic N) is 4. The topological polar surface area (TPSA) is 91.2 Å². The van der Waals surface area contributed by atoms with Crippen molar-refractivity contribution in [3.63, 3.8) is 0 Å². The van der Waals surface area contributed by atoms with Crippen LogP contribution in [0, 0.1) is 6.92 Å². The molecule has 1 aromatic carbocycles. The number of nitrogens with one attached hydrogen (secondary N) is 1. The van der Waals surface area contributed by atoms with Crippen LogP contribution in [0.1, 0.15) is 18.5 Å². The molecule has 0 spiro atoms. The van der Waals surface area contributed by atoms with Crippen LogP contribution in [0.5, 0.6) is 0 Å². The number of rotatable bonds is 8. The number of hydrogen-bond donors (Lipinski definition) is 1. The zero-order chi connectivity index (χ0) is 25.1. The molecule has 0 amide bonds. The third kappa shape index (κ3) is 5.11. The van der Waals surface area contributed by atoms with Gasteiger partial charge in [-0.05, 0) is 44.0 Å². The maximum atomic E-state index is 13.7. The maximum absolute atomic E-state index is 13.7. The monoisotopic (exact) mass is 505 g/mol. The number of benzene rings is 1. The van der Waals surface area contributed by atoms with E-state index < -0.39 is 0 Å². The SMILES string of the molecule is COCCCn1c(=O)c(-c2ccc(-c3cccc(C)n3)cc2Cl)cc2cnc(N[C@H]3CCOC3)nc21. The third-order valence-corrected chi connectivity index (χ3v) is 6.58. The highest BCUT2D eigenvalue weighted by Gasteiger charge is 2.19. The molecule has 1 atom stereocenters. The highest BCUT2D eigenvalue weighted by atomic mass is 35.5. The summed E-state index contributed by atoms with van der Waals surface area (Å²) in [5.74, 6) is 0.485. The first-order valence-corrected chi connectivity index (χ1v) is 12.4. The fourth-order valence-corrected chi connectivity index (χ4v) is 4.71. The van der Waals surface area contributed by atoms with Crippen molar-refractivity contribution in [1.82, 2.24) is 19.5 Å². The second-order valence-electron chi connectivity index (χ2n) is 8.90. The summed E-state index contributed by atoms with van der Waals surface area (Å²) < 4.78 is 12.4. The van der Waals surface area contributed by atoms with Crippen LogP contribution in [-0.4, -0.2) is 52.5 Å². The average molecular weight is 506 g/mol. The molecule has 8 nitrogen and oxygen atoms in total. The van der Waals surface area contributed by atoms with Gasteiger partial charge < -0.3 is 14.8 Å². The Morgan fingerprint density at radius 1 is 1.19 bits per heavy atom. The van der Waals surface area contributed by atoms with Crippen molar-refractivity contribution in [2.75, 3.05) is 32.2 Å². The van der Waals surface area contributed by atoms with Crippen molar-refractivity contribution in [3.05, 3.63) is 69.7 Å². The molecule has 0 saturated carbocycles. The Morgan fingerprint density at radius 3 is 2.83 bits per heavy atom. The van der Waals surface area contributed by atoms with Gasteiger partial charge in [0, 0.05) is 65.9 Å². The number of anilines is 1. The van der Waals surface area contributed by atoms with Gasteiger partial charge in [-0.2, -0.15) is 4.98 Å². The largest absolute Gasteiger partial charge is 0.385 e. The van der Waals surface area contributed by atoms with Crippen LogP contribution in [0.15, 0.2) is 53.5 Å². The predicted molar refractivity (Wildman–Crippen MR) is 142 cm³/mol. The molecule has 1 fully saturated rings. The van der Waals surface area contributed by atoms with Crippen LogP contribution in [0.2, 0.25) is 5.02 Å². The Hall–Kier alpha value is -3.33. The van der Waals surface area contributed by atoms with Crippen molar-refractivity contribution < 1.29 is 9.47 Å². The van der Waals surface area contributed by atoms with E-state index in [0.29, 0.717) is 53.9 Å². The van der Waals surface area contributed by atoms with Crippen LogP contribution in [-0.2, 0) is 16.0 Å². The van der Waals surface area contributed by atoms with Crippen molar-refractivity contribution in [2.24, 2.45) is 0 Å². The van der Waals surface area contributed by atoms with Crippen molar-refractivity contribution in [3.8, 4) is 22.4 Å². The first-order valence-electron chi connectivity index (χ1n) is 12.0. The number of aromatic nitrogens is 4. The fourth-order valence-electron chi connectivity index (χ4n) is 4.42. The first-order chi connectivity index (χ1) is 17.5. The summed E-state index contributed by atoms with van der Waals surface area (Å²) in [4.78, 5) is 27.5. The molecule has 36 heavy (non-hydrogen) atoms.